The highest BCUT2D eigenvalue weighted by molar-refractivity contribution is 5.84. The zero-order chi connectivity index (χ0) is 10.8. The Labute approximate surface area is 92.2 Å². The molecule has 2 aliphatic rings. The van der Waals surface area contributed by atoms with Crippen molar-refractivity contribution < 1.29 is 4.79 Å². The smallest absolute Gasteiger partial charge is 0.241 e. The molecule has 0 bridgehead atoms. The molecule has 1 saturated heterocycles. The largest absolute Gasteiger partial charge is 0.326 e. The van der Waals surface area contributed by atoms with Crippen LogP contribution in [0.2, 0.25) is 0 Å². The SMILES string of the molecule is CCC1NC(C)N(CC2CCCC2)C1=O. The van der Waals surface area contributed by atoms with Gasteiger partial charge in [-0.3, -0.25) is 10.1 Å². The lowest BCUT2D eigenvalue weighted by Gasteiger charge is -2.24. The van der Waals surface area contributed by atoms with Gasteiger partial charge in [0.2, 0.25) is 5.91 Å². The zero-order valence-corrected chi connectivity index (χ0v) is 9.83. The van der Waals surface area contributed by atoms with Gasteiger partial charge in [0.15, 0.2) is 0 Å². The standard InChI is InChI=1S/C12H22N2O/c1-3-11-12(15)14(9(2)13-11)8-10-6-4-5-7-10/h9-11,13H,3-8H2,1-2H3. The van der Waals surface area contributed by atoms with Crippen molar-refractivity contribution >= 4 is 5.91 Å². The minimum Gasteiger partial charge on any atom is -0.326 e. The molecule has 1 aliphatic carbocycles. The van der Waals surface area contributed by atoms with Gasteiger partial charge in [0.05, 0.1) is 12.2 Å². The van der Waals surface area contributed by atoms with Crippen molar-refractivity contribution in [1.29, 1.82) is 0 Å². The predicted molar refractivity (Wildman–Crippen MR) is 60.3 cm³/mol. The first-order valence-electron chi connectivity index (χ1n) is 6.29. The summed E-state index contributed by atoms with van der Waals surface area (Å²) in [5.41, 5.74) is 0. The van der Waals surface area contributed by atoms with Gasteiger partial charge in [-0.05, 0) is 32.1 Å². The molecule has 1 heterocycles. The Morgan fingerprint density at radius 2 is 2.07 bits per heavy atom. The molecule has 0 spiro atoms. The molecule has 2 fully saturated rings. The molecule has 3 heteroatoms. The van der Waals surface area contributed by atoms with Gasteiger partial charge in [-0.25, -0.2) is 0 Å². The highest BCUT2D eigenvalue weighted by Crippen LogP contribution is 2.27. The minimum absolute atomic E-state index is 0.0707. The maximum atomic E-state index is 12.0. The van der Waals surface area contributed by atoms with Crippen LogP contribution in [0.3, 0.4) is 0 Å². The van der Waals surface area contributed by atoms with Gasteiger partial charge in [0.1, 0.15) is 0 Å². The van der Waals surface area contributed by atoms with Gasteiger partial charge >= 0.3 is 0 Å². The van der Waals surface area contributed by atoms with Gasteiger partial charge in [-0.1, -0.05) is 19.8 Å². The summed E-state index contributed by atoms with van der Waals surface area (Å²) >= 11 is 0. The van der Waals surface area contributed by atoms with E-state index in [1.54, 1.807) is 0 Å². The van der Waals surface area contributed by atoms with Crippen LogP contribution in [0.25, 0.3) is 0 Å². The normalized spacial score (nSPS) is 32.9. The second-order valence-corrected chi connectivity index (χ2v) is 4.94. The van der Waals surface area contributed by atoms with Crippen LogP contribution in [0.1, 0.15) is 46.0 Å². The summed E-state index contributed by atoms with van der Waals surface area (Å²) in [5.74, 6) is 1.07. The van der Waals surface area contributed by atoms with Gasteiger partial charge in [0, 0.05) is 6.54 Å². The third kappa shape index (κ3) is 2.17. The second-order valence-electron chi connectivity index (χ2n) is 4.94. The summed E-state index contributed by atoms with van der Waals surface area (Å²) in [5, 5.41) is 3.35. The number of nitrogens with one attached hydrogen (secondary N) is 1. The van der Waals surface area contributed by atoms with Gasteiger partial charge < -0.3 is 4.90 Å². The third-order valence-corrected chi connectivity index (χ3v) is 3.83. The number of amides is 1. The average Bonchev–Trinajstić information content (AvgIpc) is 2.81. The molecule has 2 atom stereocenters. The molecule has 0 radical (unpaired) electrons. The topological polar surface area (TPSA) is 32.3 Å². The number of carbonyl (C=O) groups is 1. The van der Waals surface area contributed by atoms with Crippen molar-refractivity contribution in [2.45, 2.75) is 58.2 Å². The van der Waals surface area contributed by atoms with Crippen molar-refractivity contribution in [1.82, 2.24) is 10.2 Å². The first-order chi connectivity index (χ1) is 7.22. The fourth-order valence-corrected chi connectivity index (χ4v) is 2.86. The maximum Gasteiger partial charge on any atom is 0.241 e. The molecule has 0 aromatic carbocycles. The van der Waals surface area contributed by atoms with E-state index in [0.717, 1.165) is 18.9 Å². The Morgan fingerprint density at radius 1 is 1.40 bits per heavy atom. The summed E-state index contributed by atoms with van der Waals surface area (Å²) in [7, 11) is 0. The number of nitrogens with zero attached hydrogens (tertiary/aromatic N) is 1. The van der Waals surface area contributed by atoms with Crippen molar-refractivity contribution in [2.24, 2.45) is 5.92 Å². The summed E-state index contributed by atoms with van der Waals surface area (Å²) < 4.78 is 0. The molecule has 15 heavy (non-hydrogen) atoms. The molecule has 1 N–H and O–H groups in total. The first-order valence-corrected chi connectivity index (χ1v) is 6.29. The second kappa shape index (κ2) is 4.52. The van der Waals surface area contributed by atoms with Crippen molar-refractivity contribution in [3.63, 3.8) is 0 Å². The molecule has 1 aliphatic heterocycles. The number of rotatable bonds is 3. The van der Waals surface area contributed by atoms with Gasteiger partial charge in [-0.2, -0.15) is 0 Å². The molecule has 1 amide bonds. The highest BCUT2D eigenvalue weighted by Gasteiger charge is 2.36. The molecule has 86 valence electrons. The highest BCUT2D eigenvalue weighted by atomic mass is 16.2. The predicted octanol–water partition coefficient (Wildman–Crippen LogP) is 1.73. The third-order valence-electron chi connectivity index (χ3n) is 3.83. The Hall–Kier alpha value is -0.570. The summed E-state index contributed by atoms with van der Waals surface area (Å²) in [6.45, 7) is 5.15. The van der Waals surface area contributed by atoms with Crippen LogP contribution in [0.5, 0.6) is 0 Å². The lowest BCUT2D eigenvalue weighted by Crippen LogP contribution is -2.37. The summed E-state index contributed by atoms with van der Waals surface area (Å²) in [6, 6.07) is 0.0707. The van der Waals surface area contributed by atoms with E-state index in [1.165, 1.54) is 25.7 Å². The van der Waals surface area contributed by atoms with Crippen LogP contribution in [0.15, 0.2) is 0 Å². The van der Waals surface area contributed by atoms with Crippen LogP contribution >= 0.6 is 0 Å². The number of hydrogen-bond acceptors (Lipinski definition) is 2. The molecule has 0 aromatic rings. The fourth-order valence-electron chi connectivity index (χ4n) is 2.86. The van der Waals surface area contributed by atoms with E-state index < -0.39 is 0 Å². The zero-order valence-electron chi connectivity index (χ0n) is 9.83. The van der Waals surface area contributed by atoms with Crippen LogP contribution in [-0.2, 0) is 4.79 Å². The Balaban J connectivity index is 1.93. The van der Waals surface area contributed by atoms with E-state index >= 15 is 0 Å². The lowest BCUT2D eigenvalue weighted by atomic mass is 10.1. The van der Waals surface area contributed by atoms with Crippen molar-refractivity contribution in [3.8, 4) is 0 Å². The average molecular weight is 210 g/mol. The molecule has 1 saturated carbocycles. The van der Waals surface area contributed by atoms with Gasteiger partial charge in [-0.15, -0.1) is 0 Å². The van der Waals surface area contributed by atoms with Crippen molar-refractivity contribution in [2.75, 3.05) is 6.54 Å². The maximum absolute atomic E-state index is 12.0. The Morgan fingerprint density at radius 3 is 2.60 bits per heavy atom. The van der Waals surface area contributed by atoms with Crippen molar-refractivity contribution in [3.05, 3.63) is 0 Å². The van der Waals surface area contributed by atoms with Gasteiger partial charge in [0.25, 0.3) is 0 Å². The quantitative estimate of drug-likeness (QED) is 0.769. The van der Waals surface area contributed by atoms with E-state index in [4.69, 9.17) is 0 Å². The molecule has 0 aromatic heterocycles. The Bertz CT molecular complexity index is 236. The van der Waals surface area contributed by atoms with Crippen LogP contribution in [-0.4, -0.2) is 29.6 Å². The minimum atomic E-state index is 0.0707. The lowest BCUT2D eigenvalue weighted by molar-refractivity contribution is -0.130. The fraction of sp³-hybridized carbons (Fsp3) is 0.917. The van der Waals surface area contributed by atoms with E-state index in [0.29, 0.717) is 5.91 Å². The summed E-state index contributed by atoms with van der Waals surface area (Å²) in [6.07, 6.45) is 6.48. The first kappa shape index (κ1) is 10.9. The molecule has 3 nitrogen and oxygen atoms in total. The van der Waals surface area contributed by atoms with Crippen LogP contribution in [0, 0.1) is 5.92 Å². The molecule has 2 unspecified atom stereocenters. The number of hydrogen-bond donors (Lipinski definition) is 1. The number of carbonyl (C=O) groups excluding carboxylic acids is 1. The van der Waals surface area contributed by atoms with E-state index in [-0.39, 0.29) is 12.2 Å². The van der Waals surface area contributed by atoms with E-state index in [2.05, 4.69) is 19.2 Å². The molecular formula is C12H22N2O. The van der Waals surface area contributed by atoms with E-state index in [1.807, 2.05) is 4.90 Å². The van der Waals surface area contributed by atoms with Crippen LogP contribution < -0.4 is 5.32 Å². The summed E-state index contributed by atoms with van der Waals surface area (Å²) in [4.78, 5) is 14.0. The Kier molecular flexibility index (Phi) is 3.29. The monoisotopic (exact) mass is 210 g/mol. The van der Waals surface area contributed by atoms with E-state index in [9.17, 15) is 4.79 Å². The molecule has 2 rings (SSSR count). The molecular weight excluding hydrogens is 188 g/mol. The van der Waals surface area contributed by atoms with Crippen LogP contribution in [0.4, 0.5) is 0 Å².